The van der Waals surface area contributed by atoms with E-state index in [1.165, 1.54) is 0 Å². The van der Waals surface area contributed by atoms with Gasteiger partial charge in [0.15, 0.2) is 0 Å². The van der Waals surface area contributed by atoms with Crippen LogP contribution in [-0.4, -0.2) is 29.0 Å². The molecule has 3 heteroatoms. The van der Waals surface area contributed by atoms with Crippen LogP contribution < -0.4 is 0 Å². The molecule has 13 heavy (non-hydrogen) atoms. The highest BCUT2D eigenvalue weighted by atomic mass is 32.2. The Kier molecular flexibility index (Phi) is 5.80. The molecule has 1 atom stereocenters. The summed E-state index contributed by atoms with van der Waals surface area (Å²) in [5.74, 6) is 0.765. The summed E-state index contributed by atoms with van der Waals surface area (Å²) in [5.41, 5.74) is -0.102. The second-order valence-corrected chi connectivity index (χ2v) is 5.92. The van der Waals surface area contributed by atoms with Crippen LogP contribution in [0.2, 0.25) is 0 Å². The summed E-state index contributed by atoms with van der Waals surface area (Å²) in [6, 6.07) is 0. The van der Waals surface area contributed by atoms with Crippen molar-refractivity contribution in [3.05, 3.63) is 0 Å². The van der Waals surface area contributed by atoms with E-state index in [9.17, 15) is 0 Å². The molecule has 0 aliphatic carbocycles. The molecular weight excluding hydrogens is 200 g/mol. The normalized spacial score (nSPS) is 17.1. The van der Waals surface area contributed by atoms with Crippen LogP contribution in [0, 0.1) is 0 Å². The Morgan fingerprint density at radius 3 is 2.15 bits per heavy atom. The van der Waals surface area contributed by atoms with Crippen LogP contribution in [0.3, 0.4) is 0 Å². The van der Waals surface area contributed by atoms with Crippen molar-refractivity contribution in [2.24, 2.45) is 0 Å². The van der Waals surface area contributed by atoms with Gasteiger partial charge in [-0.15, -0.1) is 0 Å². The molecule has 0 aliphatic rings. The second-order valence-electron chi connectivity index (χ2n) is 4.21. The molecule has 0 aromatic rings. The summed E-state index contributed by atoms with van der Waals surface area (Å²) in [4.78, 5) is 0. The van der Waals surface area contributed by atoms with Gasteiger partial charge < -0.3 is 4.74 Å². The number of hydrogen-bond donors (Lipinski definition) is 1. The summed E-state index contributed by atoms with van der Waals surface area (Å²) < 4.78 is 6.08. The van der Waals surface area contributed by atoms with Gasteiger partial charge in [0.05, 0.1) is 12.2 Å². The molecule has 0 aromatic carbocycles. The van der Waals surface area contributed by atoms with Crippen LogP contribution >= 0.6 is 24.4 Å². The fourth-order valence-corrected chi connectivity index (χ4v) is 1.26. The summed E-state index contributed by atoms with van der Waals surface area (Å²) in [6.07, 6.45) is 3.28. The van der Waals surface area contributed by atoms with Gasteiger partial charge in [-0.05, 0) is 33.4 Å². The van der Waals surface area contributed by atoms with Crippen molar-refractivity contribution in [2.45, 2.75) is 44.5 Å². The van der Waals surface area contributed by atoms with Crippen LogP contribution in [0.15, 0.2) is 0 Å². The number of thiol groups is 1. The molecular formula is C10H22OS2. The molecule has 0 heterocycles. The Morgan fingerprint density at radius 2 is 1.85 bits per heavy atom. The van der Waals surface area contributed by atoms with E-state index in [4.69, 9.17) is 4.74 Å². The quantitative estimate of drug-likeness (QED) is 0.691. The van der Waals surface area contributed by atoms with Gasteiger partial charge in [0.25, 0.3) is 0 Å². The SMILES string of the molecule is CCC(C)(COC(C)(C)CS)SC. The first kappa shape index (κ1) is 13.7. The van der Waals surface area contributed by atoms with Crippen molar-refractivity contribution in [1.29, 1.82) is 0 Å². The number of thioether (sulfide) groups is 1. The maximum absolute atomic E-state index is 5.83. The molecule has 0 N–H and O–H groups in total. The fourth-order valence-electron chi connectivity index (χ4n) is 0.699. The lowest BCUT2D eigenvalue weighted by atomic mass is 10.1. The van der Waals surface area contributed by atoms with E-state index in [1.54, 1.807) is 0 Å². The van der Waals surface area contributed by atoms with Crippen LogP contribution in [0.1, 0.15) is 34.1 Å². The fraction of sp³-hybridized carbons (Fsp3) is 1.00. The summed E-state index contributed by atoms with van der Waals surface area (Å²) in [7, 11) is 0. The third-order valence-corrected chi connectivity index (χ3v) is 4.54. The summed E-state index contributed by atoms with van der Waals surface area (Å²) >= 11 is 6.13. The van der Waals surface area contributed by atoms with Gasteiger partial charge in [0, 0.05) is 10.5 Å². The highest BCUT2D eigenvalue weighted by molar-refractivity contribution is 8.00. The molecule has 0 fully saturated rings. The standard InChI is InChI=1S/C10H22OS2/c1-6-10(4,13-5)7-11-9(2,3)8-12/h12H,6-8H2,1-5H3. The molecule has 80 valence electrons. The molecule has 0 radical (unpaired) electrons. The van der Waals surface area contributed by atoms with E-state index >= 15 is 0 Å². The number of rotatable bonds is 6. The van der Waals surface area contributed by atoms with Gasteiger partial charge in [-0.3, -0.25) is 0 Å². The first-order chi connectivity index (χ1) is 5.89. The predicted molar refractivity (Wildman–Crippen MR) is 66.1 cm³/mol. The van der Waals surface area contributed by atoms with Gasteiger partial charge in [0.2, 0.25) is 0 Å². The van der Waals surface area contributed by atoms with Crippen LogP contribution in [-0.2, 0) is 4.74 Å². The molecule has 1 nitrogen and oxygen atoms in total. The minimum absolute atomic E-state index is 0.102. The summed E-state index contributed by atoms with van der Waals surface area (Å²) in [5, 5.41) is 0. The number of hydrogen-bond acceptors (Lipinski definition) is 3. The van der Waals surface area contributed by atoms with Gasteiger partial charge >= 0.3 is 0 Å². The Balaban J connectivity index is 3.99. The molecule has 0 rings (SSSR count). The minimum Gasteiger partial charge on any atom is -0.373 e. The first-order valence-electron chi connectivity index (χ1n) is 4.69. The molecule has 1 unspecified atom stereocenters. The van der Waals surface area contributed by atoms with Crippen LogP contribution in [0.5, 0.6) is 0 Å². The maximum Gasteiger partial charge on any atom is 0.0714 e. The van der Waals surface area contributed by atoms with Crippen molar-refractivity contribution in [1.82, 2.24) is 0 Å². The van der Waals surface area contributed by atoms with Crippen LogP contribution in [0.25, 0.3) is 0 Å². The smallest absolute Gasteiger partial charge is 0.0714 e. The van der Waals surface area contributed by atoms with Gasteiger partial charge in [-0.2, -0.15) is 24.4 Å². The molecule has 0 bridgehead atoms. The highest BCUT2D eigenvalue weighted by Crippen LogP contribution is 2.28. The minimum atomic E-state index is -0.102. The van der Waals surface area contributed by atoms with E-state index in [2.05, 4.69) is 46.6 Å². The van der Waals surface area contributed by atoms with E-state index < -0.39 is 0 Å². The lowest BCUT2D eigenvalue weighted by Crippen LogP contribution is -2.35. The van der Waals surface area contributed by atoms with Gasteiger partial charge in [-0.1, -0.05) is 6.92 Å². The van der Waals surface area contributed by atoms with Crippen molar-refractivity contribution in [3.63, 3.8) is 0 Å². The molecule has 0 aromatic heterocycles. The highest BCUT2D eigenvalue weighted by Gasteiger charge is 2.25. The largest absolute Gasteiger partial charge is 0.373 e. The lowest BCUT2D eigenvalue weighted by molar-refractivity contribution is -0.00965. The molecule has 0 saturated heterocycles. The number of ether oxygens (including phenoxy) is 1. The average Bonchev–Trinajstić information content (AvgIpc) is 2.14. The van der Waals surface area contributed by atoms with E-state index in [0.717, 1.165) is 18.8 Å². The maximum atomic E-state index is 5.83. The van der Waals surface area contributed by atoms with Crippen molar-refractivity contribution in [3.8, 4) is 0 Å². The Bertz CT molecular complexity index is 142. The van der Waals surface area contributed by atoms with E-state index in [0.29, 0.717) is 0 Å². The zero-order chi connectivity index (χ0) is 10.5. The van der Waals surface area contributed by atoms with Gasteiger partial charge in [-0.25, -0.2) is 0 Å². The van der Waals surface area contributed by atoms with Gasteiger partial charge in [0.1, 0.15) is 0 Å². The monoisotopic (exact) mass is 222 g/mol. The van der Waals surface area contributed by atoms with Crippen molar-refractivity contribution >= 4 is 24.4 Å². The molecule has 0 amide bonds. The average molecular weight is 222 g/mol. The van der Waals surface area contributed by atoms with Crippen molar-refractivity contribution in [2.75, 3.05) is 18.6 Å². The second kappa shape index (κ2) is 5.52. The third kappa shape index (κ3) is 5.18. The van der Waals surface area contributed by atoms with E-state index in [1.807, 2.05) is 11.8 Å². The Hall–Kier alpha value is 0.660. The molecule has 0 spiro atoms. The Labute approximate surface area is 92.4 Å². The third-order valence-electron chi connectivity index (χ3n) is 2.39. The topological polar surface area (TPSA) is 9.23 Å². The lowest BCUT2D eigenvalue weighted by Gasteiger charge is -2.31. The summed E-state index contributed by atoms with van der Waals surface area (Å²) in [6.45, 7) is 9.41. The zero-order valence-electron chi connectivity index (χ0n) is 9.39. The van der Waals surface area contributed by atoms with Crippen LogP contribution in [0.4, 0.5) is 0 Å². The van der Waals surface area contributed by atoms with E-state index in [-0.39, 0.29) is 10.3 Å². The molecule has 0 saturated carbocycles. The first-order valence-corrected chi connectivity index (χ1v) is 6.55. The molecule has 0 aliphatic heterocycles. The predicted octanol–water partition coefficient (Wildman–Crippen LogP) is 3.24. The van der Waals surface area contributed by atoms with Crippen molar-refractivity contribution < 1.29 is 4.74 Å². The Morgan fingerprint density at radius 1 is 1.31 bits per heavy atom. The zero-order valence-corrected chi connectivity index (χ0v) is 11.1.